The Hall–Kier alpha value is 0.522. The molecule has 0 atom stereocenters. The molecule has 1 aliphatic heterocycles. The SMILES string of the molecule is [CH2-]CC1(C[CH2-])CC(C)=NO1.[U+2]. The minimum Gasteiger partial charge on any atom is -0.394 e. The summed E-state index contributed by atoms with van der Waals surface area (Å²) in [6, 6.07) is 0. The molecular formula is C8H13NOU. The third-order valence-electron chi connectivity index (χ3n) is 1.88. The molecule has 0 aromatic heterocycles. The van der Waals surface area contributed by atoms with E-state index in [0.29, 0.717) is 0 Å². The Labute approximate surface area is 92.1 Å². The first-order valence-corrected chi connectivity index (χ1v) is 3.52. The number of nitrogens with zero attached hydrogens (tertiary/aromatic N) is 1. The van der Waals surface area contributed by atoms with Gasteiger partial charge in [0, 0.05) is 6.42 Å². The van der Waals surface area contributed by atoms with E-state index in [1.165, 1.54) is 0 Å². The van der Waals surface area contributed by atoms with Gasteiger partial charge in [-0.2, -0.15) is 0 Å². The van der Waals surface area contributed by atoms with Crippen LogP contribution in [-0.4, -0.2) is 11.3 Å². The Balaban J connectivity index is 0.000001000. The summed E-state index contributed by atoms with van der Waals surface area (Å²) in [5.74, 6) is 0. The van der Waals surface area contributed by atoms with Crippen LogP contribution < -0.4 is 0 Å². The van der Waals surface area contributed by atoms with E-state index in [9.17, 15) is 0 Å². The van der Waals surface area contributed by atoms with E-state index in [1.54, 1.807) is 0 Å². The zero-order valence-electron chi connectivity index (χ0n) is 6.89. The summed E-state index contributed by atoms with van der Waals surface area (Å²) in [7, 11) is 0. The maximum atomic E-state index is 5.21. The first-order valence-electron chi connectivity index (χ1n) is 3.52. The first-order chi connectivity index (χ1) is 4.72. The van der Waals surface area contributed by atoms with E-state index >= 15 is 0 Å². The van der Waals surface area contributed by atoms with Crippen LogP contribution in [0.1, 0.15) is 26.2 Å². The van der Waals surface area contributed by atoms with Gasteiger partial charge in [0.1, 0.15) is 0 Å². The number of rotatable bonds is 2. The smallest absolute Gasteiger partial charge is 0.394 e. The van der Waals surface area contributed by atoms with Crippen molar-refractivity contribution >= 4 is 5.71 Å². The van der Waals surface area contributed by atoms with Crippen molar-refractivity contribution in [3.63, 3.8) is 0 Å². The summed E-state index contributed by atoms with van der Waals surface area (Å²) in [5, 5.41) is 3.87. The molecule has 0 saturated carbocycles. The van der Waals surface area contributed by atoms with Crippen LogP contribution in [0.3, 0.4) is 0 Å². The molecule has 11 heavy (non-hydrogen) atoms. The average Bonchev–Trinajstić information content (AvgIpc) is 2.33. The molecule has 0 amide bonds. The molecule has 1 aliphatic rings. The molecular weight excluding hydrogens is 364 g/mol. The molecule has 1 rings (SSSR count). The molecule has 1 heterocycles. The molecule has 3 heteroatoms. The minimum atomic E-state index is -0.177. The zero-order chi connectivity index (χ0) is 7.61. The van der Waals surface area contributed by atoms with Crippen LogP contribution in [0.15, 0.2) is 5.16 Å². The van der Waals surface area contributed by atoms with Gasteiger partial charge in [-0.15, -0.1) is 12.8 Å². The number of hydrogen-bond donors (Lipinski definition) is 0. The Morgan fingerprint density at radius 1 is 1.55 bits per heavy atom. The van der Waals surface area contributed by atoms with Crippen molar-refractivity contribution < 1.29 is 36.0 Å². The van der Waals surface area contributed by atoms with Gasteiger partial charge in [-0.25, -0.2) is 0 Å². The molecule has 0 bridgehead atoms. The van der Waals surface area contributed by atoms with Crippen molar-refractivity contribution in [2.75, 3.05) is 0 Å². The van der Waals surface area contributed by atoms with Crippen molar-refractivity contribution in [1.82, 2.24) is 0 Å². The first kappa shape index (κ1) is 11.5. The quantitative estimate of drug-likeness (QED) is 0.675. The van der Waals surface area contributed by atoms with E-state index < -0.39 is 0 Å². The van der Waals surface area contributed by atoms with Gasteiger partial charge in [0.2, 0.25) is 0 Å². The van der Waals surface area contributed by atoms with Crippen LogP contribution >= 0.6 is 0 Å². The Kier molecular flexibility index (Phi) is 4.74. The summed E-state index contributed by atoms with van der Waals surface area (Å²) >= 11 is 0. The van der Waals surface area contributed by atoms with Gasteiger partial charge >= 0.3 is 31.1 Å². The molecule has 0 spiro atoms. The Bertz CT molecular complexity index is 152. The predicted octanol–water partition coefficient (Wildman–Crippen LogP) is 1.97. The van der Waals surface area contributed by atoms with Crippen molar-refractivity contribution in [1.29, 1.82) is 0 Å². The summed E-state index contributed by atoms with van der Waals surface area (Å²) in [6.07, 6.45) is 2.38. The van der Waals surface area contributed by atoms with Crippen LogP contribution in [0.4, 0.5) is 0 Å². The van der Waals surface area contributed by atoms with Gasteiger partial charge in [-0.1, -0.05) is 5.16 Å². The molecule has 0 aromatic rings. The average molecular weight is 377 g/mol. The van der Waals surface area contributed by atoms with E-state index in [2.05, 4.69) is 19.0 Å². The molecule has 0 radical (unpaired) electrons. The van der Waals surface area contributed by atoms with Gasteiger partial charge < -0.3 is 18.7 Å². The van der Waals surface area contributed by atoms with Crippen LogP contribution in [0.25, 0.3) is 0 Å². The van der Waals surface area contributed by atoms with Gasteiger partial charge in [-0.05, 0) is 6.92 Å². The summed E-state index contributed by atoms with van der Waals surface area (Å²) in [4.78, 5) is 5.21. The Morgan fingerprint density at radius 2 is 2.09 bits per heavy atom. The van der Waals surface area contributed by atoms with Crippen LogP contribution in [0, 0.1) is 45.0 Å². The predicted molar refractivity (Wildman–Crippen MR) is 41.5 cm³/mol. The Morgan fingerprint density at radius 3 is 2.27 bits per heavy atom. The normalized spacial score (nSPS) is 20.1. The second-order valence-electron chi connectivity index (χ2n) is 2.78. The number of hydrogen-bond acceptors (Lipinski definition) is 2. The second kappa shape index (κ2) is 4.52. The summed E-state index contributed by atoms with van der Waals surface area (Å²) < 4.78 is 0. The van der Waals surface area contributed by atoms with E-state index in [1.807, 2.05) is 6.92 Å². The molecule has 0 aromatic carbocycles. The largest absolute Gasteiger partial charge is 2.00 e. The minimum absolute atomic E-state index is 0. The van der Waals surface area contributed by atoms with E-state index in [-0.39, 0.29) is 36.7 Å². The molecule has 0 N–H and O–H groups in total. The standard InChI is InChI=1S/C8H13NO.U/c1-4-8(5-2)6-7(3)9-10-8;/h1-2,4-6H2,3H3;/q-2;+2. The van der Waals surface area contributed by atoms with Gasteiger partial charge in [0.25, 0.3) is 0 Å². The summed E-state index contributed by atoms with van der Waals surface area (Å²) in [6.45, 7) is 9.58. The van der Waals surface area contributed by atoms with Crippen LogP contribution in [0.5, 0.6) is 0 Å². The molecule has 60 valence electrons. The molecule has 0 saturated heterocycles. The van der Waals surface area contributed by atoms with Crippen molar-refractivity contribution in [2.24, 2.45) is 5.16 Å². The summed E-state index contributed by atoms with van der Waals surface area (Å²) in [5.41, 5.74) is 0.872. The maximum Gasteiger partial charge on any atom is 2.00 e. The molecule has 2 nitrogen and oxygen atoms in total. The third-order valence-corrected chi connectivity index (χ3v) is 1.88. The second-order valence-corrected chi connectivity index (χ2v) is 2.78. The van der Waals surface area contributed by atoms with Crippen molar-refractivity contribution in [3.8, 4) is 0 Å². The fraction of sp³-hybridized carbons (Fsp3) is 0.625. The molecule has 0 fully saturated rings. The van der Waals surface area contributed by atoms with Crippen molar-refractivity contribution in [2.45, 2.75) is 31.8 Å². The topological polar surface area (TPSA) is 21.6 Å². The zero-order valence-corrected chi connectivity index (χ0v) is 11.1. The fourth-order valence-electron chi connectivity index (χ4n) is 1.10. The third kappa shape index (κ3) is 2.49. The molecule has 0 aliphatic carbocycles. The van der Waals surface area contributed by atoms with E-state index in [4.69, 9.17) is 4.84 Å². The van der Waals surface area contributed by atoms with Crippen molar-refractivity contribution in [3.05, 3.63) is 13.8 Å². The van der Waals surface area contributed by atoms with Gasteiger partial charge in [-0.3, -0.25) is 0 Å². The maximum absolute atomic E-state index is 5.21. The monoisotopic (exact) mass is 377 g/mol. The van der Waals surface area contributed by atoms with E-state index in [0.717, 1.165) is 25.0 Å². The molecule has 0 unspecified atom stereocenters. The van der Waals surface area contributed by atoms with Crippen LogP contribution in [-0.2, 0) is 4.84 Å². The fourth-order valence-corrected chi connectivity index (χ4v) is 1.10. The van der Waals surface area contributed by atoms with Gasteiger partial charge in [0.15, 0.2) is 0 Å². The van der Waals surface area contributed by atoms with Crippen LogP contribution in [0.2, 0.25) is 0 Å². The van der Waals surface area contributed by atoms with Gasteiger partial charge in [0.05, 0.1) is 11.3 Å². The number of oxime groups is 1.